The summed E-state index contributed by atoms with van der Waals surface area (Å²) >= 11 is 0.384. The molecule has 0 spiro atoms. The van der Waals surface area contributed by atoms with E-state index in [0.717, 1.165) is 11.7 Å². The van der Waals surface area contributed by atoms with Crippen LogP contribution in [0.15, 0.2) is 25.3 Å². The number of hydrogen-bond donors (Lipinski definition) is 0. The van der Waals surface area contributed by atoms with Gasteiger partial charge in [-0.2, -0.15) is 0 Å². The van der Waals surface area contributed by atoms with E-state index in [9.17, 15) is 4.79 Å². The molecule has 3 nitrogen and oxygen atoms in total. The second kappa shape index (κ2) is 8.35. The molecule has 1 rings (SSSR count). The van der Waals surface area contributed by atoms with E-state index in [0.29, 0.717) is 19.9 Å². The van der Waals surface area contributed by atoms with E-state index in [2.05, 4.69) is 60.9 Å². The fourth-order valence-electron chi connectivity index (χ4n) is 2.66. The molecule has 1 unspecified atom stereocenters. The second-order valence-corrected chi connectivity index (χ2v) is 15.5. The van der Waals surface area contributed by atoms with Gasteiger partial charge in [-0.1, -0.05) is 0 Å². The standard InChI is InChI=1S/C19H35NO2SeSi/c1-10-12-13-23-18-16(17(21)20(18)14(3)11-2)15(4)22-24(8,9)19(5,6)7/h10-11,14-16,18H,1-2,12-13H2,3-9H3/t14?,15-,16+,18-/m1/s1. The molecular weight excluding hydrogens is 381 g/mol. The van der Waals surface area contributed by atoms with E-state index in [1.165, 1.54) is 0 Å². The Labute approximate surface area is 156 Å². The summed E-state index contributed by atoms with van der Waals surface area (Å²) in [6.45, 7) is 23.1. The first-order valence-electron chi connectivity index (χ1n) is 8.83. The molecular formula is C19H35NO2SeSi. The van der Waals surface area contributed by atoms with Gasteiger partial charge in [-0.3, -0.25) is 0 Å². The Morgan fingerprint density at radius 2 is 1.92 bits per heavy atom. The molecule has 0 aliphatic carbocycles. The average molecular weight is 417 g/mol. The quantitative estimate of drug-likeness (QED) is 0.240. The van der Waals surface area contributed by atoms with Gasteiger partial charge in [0.1, 0.15) is 0 Å². The van der Waals surface area contributed by atoms with Crippen LogP contribution in [0.5, 0.6) is 0 Å². The zero-order chi connectivity index (χ0) is 18.7. The van der Waals surface area contributed by atoms with Crippen LogP contribution in [-0.4, -0.2) is 51.2 Å². The Balaban J connectivity index is 2.88. The van der Waals surface area contributed by atoms with Crippen molar-refractivity contribution in [3.05, 3.63) is 25.3 Å². The summed E-state index contributed by atoms with van der Waals surface area (Å²) in [4.78, 5) is 15.1. The van der Waals surface area contributed by atoms with Crippen molar-refractivity contribution in [2.75, 3.05) is 0 Å². The zero-order valence-corrected chi connectivity index (χ0v) is 19.2. The first-order chi connectivity index (χ1) is 11.0. The first kappa shape index (κ1) is 21.7. The molecule has 1 aliphatic rings. The Hall–Kier alpha value is -0.354. The predicted molar refractivity (Wildman–Crippen MR) is 107 cm³/mol. The van der Waals surface area contributed by atoms with Crippen LogP contribution in [0.3, 0.4) is 0 Å². The SMILES string of the molecule is C=CCC[Se][C@@H]1[C@@H]([C@@H](C)O[Si](C)(C)C(C)(C)C)C(=O)N1C(C)C=C. The van der Waals surface area contributed by atoms with E-state index in [1.54, 1.807) is 0 Å². The van der Waals surface area contributed by atoms with Crippen molar-refractivity contribution in [3.63, 3.8) is 0 Å². The molecule has 5 heteroatoms. The van der Waals surface area contributed by atoms with Crippen LogP contribution in [-0.2, 0) is 9.22 Å². The maximum atomic E-state index is 12.8. The van der Waals surface area contributed by atoms with Gasteiger partial charge in [-0.25, -0.2) is 0 Å². The molecule has 4 atom stereocenters. The van der Waals surface area contributed by atoms with Gasteiger partial charge in [0, 0.05) is 0 Å². The molecule has 0 N–H and O–H groups in total. The molecule has 0 saturated carbocycles. The summed E-state index contributed by atoms with van der Waals surface area (Å²) in [7, 11) is -1.87. The van der Waals surface area contributed by atoms with Crippen molar-refractivity contribution in [2.24, 2.45) is 5.92 Å². The number of carbonyl (C=O) groups is 1. The van der Waals surface area contributed by atoms with Crippen LogP contribution in [0, 0.1) is 5.92 Å². The van der Waals surface area contributed by atoms with E-state index in [1.807, 2.05) is 17.1 Å². The topological polar surface area (TPSA) is 29.5 Å². The van der Waals surface area contributed by atoms with Crippen molar-refractivity contribution in [3.8, 4) is 0 Å². The van der Waals surface area contributed by atoms with Gasteiger partial charge in [-0.05, 0) is 0 Å². The van der Waals surface area contributed by atoms with E-state index in [-0.39, 0.29) is 29.0 Å². The van der Waals surface area contributed by atoms with Gasteiger partial charge in [0.25, 0.3) is 0 Å². The molecule has 24 heavy (non-hydrogen) atoms. The molecule has 138 valence electrons. The van der Waals surface area contributed by atoms with Crippen LogP contribution < -0.4 is 0 Å². The Morgan fingerprint density at radius 1 is 1.33 bits per heavy atom. The molecule has 1 saturated heterocycles. The molecule has 0 aromatic rings. The summed E-state index contributed by atoms with van der Waals surface area (Å²) in [5.41, 5.74) is 0. The van der Waals surface area contributed by atoms with Gasteiger partial charge in [0.2, 0.25) is 0 Å². The van der Waals surface area contributed by atoms with Gasteiger partial charge in [-0.15, -0.1) is 0 Å². The monoisotopic (exact) mass is 417 g/mol. The van der Waals surface area contributed by atoms with Gasteiger partial charge in [0.15, 0.2) is 0 Å². The molecule has 0 aromatic carbocycles. The fraction of sp³-hybridized carbons (Fsp3) is 0.737. The third-order valence-electron chi connectivity index (χ3n) is 5.30. The van der Waals surface area contributed by atoms with Gasteiger partial charge < -0.3 is 0 Å². The summed E-state index contributed by atoms with van der Waals surface area (Å²) in [5.74, 6) is 0.241. The minimum absolute atomic E-state index is 0.00587. The van der Waals surface area contributed by atoms with Gasteiger partial charge in [0.05, 0.1) is 0 Å². The third kappa shape index (κ3) is 4.63. The number of allylic oxidation sites excluding steroid dienone is 1. The number of carbonyl (C=O) groups excluding carboxylic acids is 1. The summed E-state index contributed by atoms with van der Waals surface area (Å²) < 4.78 is 6.53. The molecule has 0 bridgehead atoms. The van der Waals surface area contributed by atoms with Crippen molar-refractivity contribution in [1.29, 1.82) is 0 Å². The van der Waals surface area contributed by atoms with Crippen molar-refractivity contribution in [1.82, 2.24) is 4.90 Å². The summed E-state index contributed by atoms with van der Waals surface area (Å²) in [6.07, 6.45) is 4.84. The van der Waals surface area contributed by atoms with E-state index < -0.39 is 8.32 Å². The van der Waals surface area contributed by atoms with Crippen LogP contribution in [0.2, 0.25) is 23.5 Å². The average Bonchev–Trinajstić information content (AvgIpc) is 2.44. The Morgan fingerprint density at radius 3 is 2.38 bits per heavy atom. The van der Waals surface area contributed by atoms with E-state index >= 15 is 0 Å². The Bertz CT molecular complexity index is 472. The van der Waals surface area contributed by atoms with Crippen molar-refractivity contribution < 1.29 is 9.22 Å². The summed E-state index contributed by atoms with van der Waals surface area (Å²) in [6, 6.07) is 0.101. The number of amides is 1. The molecule has 0 aromatic heterocycles. The molecule has 1 amide bonds. The number of rotatable bonds is 9. The van der Waals surface area contributed by atoms with E-state index in [4.69, 9.17) is 4.43 Å². The first-order valence-corrected chi connectivity index (χ1v) is 13.9. The van der Waals surface area contributed by atoms with Crippen molar-refractivity contribution >= 4 is 29.2 Å². The molecule has 0 radical (unpaired) electrons. The number of likely N-dealkylation sites (tertiary alicyclic amines) is 1. The minimum atomic E-state index is -1.87. The molecule has 1 fully saturated rings. The Kier molecular flexibility index (Phi) is 7.55. The van der Waals surface area contributed by atoms with Crippen LogP contribution in [0.1, 0.15) is 41.0 Å². The zero-order valence-electron chi connectivity index (χ0n) is 16.5. The number of nitrogens with zero attached hydrogens (tertiary/aromatic N) is 1. The third-order valence-corrected chi connectivity index (χ3v) is 12.7. The normalized spacial score (nSPS) is 24.3. The summed E-state index contributed by atoms with van der Waals surface area (Å²) in [5, 5.41) is 1.28. The second-order valence-electron chi connectivity index (χ2n) is 8.17. The predicted octanol–water partition coefficient (Wildman–Crippen LogP) is 4.45. The molecule has 1 heterocycles. The molecule has 1 aliphatic heterocycles. The van der Waals surface area contributed by atoms with Crippen LogP contribution in [0.4, 0.5) is 0 Å². The van der Waals surface area contributed by atoms with Crippen molar-refractivity contribution in [2.45, 2.75) is 81.6 Å². The van der Waals surface area contributed by atoms with Crippen LogP contribution in [0.25, 0.3) is 0 Å². The maximum absolute atomic E-state index is 12.8. The number of hydrogen-bond acceptors (Lipinski definition) is 2. The number of β-lactam (4-membered cyclic amide) rings is 1. The fourth-order valence-corrected chi connectivity index (χ4v) is 7.33. The van der Waals surface area contributed by atoms with Gasteiger partial charge >= 0.3 is 156 Å². The van der Waals surface area contributed by atoms with Crippen LogP contribution >= 0.6 is 0 Å².